The second-order valence-electron chi connectivity index (χ2n) is 8.50. The second kappa shape index (κ2) is 10.7. The van der Waals surface area contributed by atoms with Crippen molar-refractivity contribution in [1.82, 2.24) is 0 Å². The molecule has 0 amide bonds. The van der Waals surface area contributed by atoms with Crippen LogP contribution in [0.3, 0.4) is 0 Å². The Kier molecular flexibility index (Phi) is 10.0. The van der Waals surface area contributed by atoms with Gasteiger partial charge in [0.25, 0.3) is 0 Å². The molecule has 274 valence electrons. The number of alkyl halides is 27. The SMILES string of the molecule is C=C(C)C(=O)OC(F)(C(F)(F)C(F)(F)C(F)(F)C(F)(F)C(F)(F)F)C(F)(F)C(F)(F)C(F)(F)C(F)(F)C(F)(F)C(F)(F)C(F)(F)F. The summed E-state index contributed by atoms with van der Waals surface area (Å²) in [5.41, 5.74) is -2.15. The van der Waals surface area contributed by atoms with Gasteiger partial charge in [-0.3, -0.25) is 0 Å². The lowest BCUT2D eigenvalue weighted by Crippen LogP contribution is -2.80. The van der Waals surface area contributed by atoms with Gasteiger partial charge in [-0.1, -0.05) is 6.58 Å². The molecule has 0 fully saturated rings. The Morgan fingerprint density at radius 3 is 0.717 bits per heavy atom. The van der Waals surface area contributed by atoms with E-state index < -0.39 is 89.0 Å². The predicted octanol–water partition coefficient (Wildman–Crippen LogP) is 9.25. The van der Waals surface area contributed by atoms with E-state index in [1.807, 2.05) is 11.3 Å². The van der Waals surface area contributed by atoms with Crippen LogP contribution in [0.2, 0.25) is 0 Å². The zero-order valence-corrected chi connectivity index (χ0v) is 20.2. The molecule has 0 aliphatic heterocycles. The molecule has 0 aromatic carbocycles. The summed E-state index contributed by atoms with van der Waals surface area (Å²) >= 11 is 0. The first kappa shape index (κ1) is 43.3. The van der Waals surface area contributed by atoms with E-state index in [2.05, 4.69) is 0 Å². The van der Waals surface area contributed by atoms with Crippen LogP contribution in [0, 0.1) is 0 Å². The fraction of sp³-hybridized carbons (Fsp3) is 0.824. The maximum atomic E-state index is 14.9. The molecule has 2 nitrogen and oxygen atoms in total. The summed E-state index contributed by atoms with van der Waals surface area (Å²) in [7, 11) is 0. The third kappa shape index (κ3) is 5.14. The molecule has 0 aliphatic carbocycles. The van der Waals surface area contributed by atoms with E-state index in [1.54, 1.807) is 0 Å². The maximum absolute atomic E-state index is 14.9. The summed E-state index contributed by atoms with van der Waals surface area (Å²) in [5, 5.41) is 0. The Labute approximate surface area is 232 Å². The quantitative estimate of drug-likeness (QED) is 0.113. The van der Waals surface area contributed by atoms with Crippen molar-refractivity contribution in [1.29, 1.82) is 0 Å². The van der Waals surface area contributed by atoms with E-state index in [1.165, 1.54) is 0 Å². The average Bonchev–Trinajstić information content (AvgIpc) is 2.80. The lowest BCUT2D eigenvalue weighted by atomic mass is 9.83. The average molecular weight is 754 g/mol. The molecule has 0 N–H and O–H groups in total. The van der Waals surface area contributed by atoms with E-state index in [0.29, 0.717) is 0 Å². The van der Waals surface area contributed by atoms with Crippen molar-refractivity contribution in [2.75, 3.05) is 0 Å². The molecule has 0 saturated carbocycles. The molecule has 1 atom stereocenters. The molecule has 0 aromatic heterocycles. The number of ether oxygens (including phenoxy) is 1. The van der Waals surface area contributed by atoms with Crippen molar-refractivity contribution in [3.63, 3.8) is 0 Å². The normalized spacial score (nSPS) is 17.5. The highest BCUT2D eigenvalue weighted by Crippen LogP contribution is 2.68. The van der Waals surface area contributed by atoms with Crippen LogP contribution in [0.25, 0.3) is 0 Å². The smallest absolute Gasteiger partial charge is 0.413 e. The standard InChI is InChI=1S/C17H5F27O2/c1-3(2)4(45)46-15(38,12(32,33)8(24,25)10(28,29)14(36,37)17(42,43)44)11(30,31)7(22,23)5(18,19)6(20,21)9(26,27)13(34,35)16(39,40)41/h1H2,2H3. The van der Waals surface area contributed by atoms with E-state index in [4.69, 9.17) is 0 Å². The fourth-order valence-electron chi connectivity index (χ4n) is 2.48. The largest absolute Gasteiger partial charge is 0.460 e. The van der Waals surface area contributed by atoms with Gasteiger partial charge in [-0.15, -0.1) is 0 Å². The summed E-state index contributed by atoms with van der Waals surface area (Å²) in [4.78, 5) is 11.2. The molecule has 46 heavy (non-hydrogen) atoms. The van der Waals surface area contributed by atoms with Gasteiger partial charge in [-0.25, -0.2) is 4.79 Å². The molecule has 0 aliphatic rings. The van der Waals surface area contributed by atoms with Gasteiger partial charge in [-0.05, 0) is 6.92 Å². The highest BCUT2D eigenvalue weighted by Gasteiger charge is 3.01. The van der Waals surface area contributed by atoms with Crippen molar-refractivity contribution < 1.29 is 128 Å². The second-order valence-corrected chi connectivity index (χ2v) is 8.50. The Morgan fingerprint density at radius 2 is 0.543 bits per heavy atom. The molecule has 0 bridgehead atoms. The molecular formula is C17H5F27O2. The Morgan fingerprint density at radius 1 is 0.370 bits per heavy atom. The Bertz CT molecular complexity index is 1170. The minimum absolute atomic E-state index is 0.232. The molecule has 0 heterocycles. The minimum atomic E-state index is -9.75. The van der Waals surface area contributed by atoms with E-state index >= 15 is 0 Å². The van der Waals surface area contributed by atoms with Crippen LogP contribution in [0.15, 0.2) is 12.2 Å². The minimum Gasteiger partial charge on any atom is -0.413 e. The number of carbonyl (C=O) groups excluding carboxylic acids is 1. The van der Waals surface area contributed by atoms with Gasteiger partial charge in [0.1, 0.15) is 0 Å². The number of rotatable bonds is 12. The zero-order valence-electron chi connectivity index (χ0n) is 20.2. The van der Waals surface area contributed by atoms with Gasteiger partial charge in [-0.2, -0.15) is 119 Å². The first-order chi connectivity index (χ1) is 19.3. The molecule has 0 radical (unpaired) electrons. The molecule has 29 heteroatoms. The summed E-state index contributed by atoms with van der Waals surface area (Å²) < 4.78 is 363. The molecule has 0 saturated heterocycles. The van der Waals surface area contributed by atoms with Crippen molar-refractivity contribution in [2.45, 2.75) is 84.4 Å². The third-order valence-corrected chi connectivity index (χ3v) is 5.26. The van der Waals surface area contributed by atoms with Crippen LogP contribution in [-0.4, -0.2) is 83.4 Å². The number of esters is 1. The van der Waals surface area contributed by atoms with Crippen LogP contribution in [0.1, 0.15) is 6.92 Å². The van der Waals surface area contributed by atoms with Gasteiger partial charge in [0.2, 0.25) is 0 Å². The monoisotopic (exact) mass is 754 g/mol. The fourth-order valence-corrected chi connectivity index (χ4v) is 2.48. The van der Waals surface area contributed by atoms with E-state index in [0.717, 1.165) is 0 Å². The summed E-state index contributed by atoms with van der Waals surface area (Å²) in [6.45, 7) is 1.81. The molecule has 0 rings (SSSR count). The zero-order chi connectivity index (χ0) is 38.4. The highest BCUT2D eigenvalue weighted by molar-refractivity contribution is 5.87. The summed E-state index contributed by atoms with van der Waals surface area (Å²) in [6, 6.07) is 0. The number of hydrogen-bond donors (Lipinski definition) is 0. The molecule has 0 spiro atoms. The molecular weight excluding hydrogens is 749 g/mol. The van der Waals surface area contributed by atoms with E-state index in [9.17, 15) is 123 Å². The Balaban J connectivity index is 8.10. The van der Waals surface area contributed by atoms with Gasteiger partial charge >= 0.3 is 83.4 Å². The van der Waals surface area contributed by atoms with Crippen LogP contribution in [0.5, 0.6) is 0 Å². The number of hydrogen-bond acceptors (Lipinski definition) is 2. The first-order valence-electron chi connectivity index (χ1n) is 9.82. The van der Waals surface area contributed by atoms with Crippen LogP contribution in [-0.2, 0) is 9.53 Å². The predicted molar refractivity (Wildman–Crippen MR) is 86.3 cm³/mol. The maximum Gasteiger partial charge on any atom is 0.460 e. The van der Waals surface area contributed by atoms with Crippen molar-refractivity contribution in [3.8, 4) is 0 Å². The molecule has 1 unspecified atom stereocenters. The third-order valence-electron chi connectivity index (χ3n) is 5.26. The lowest BCUT2D eigenvalue weighted by molar-refractivity contribution is -0.496. The lowest BCUT2D eigenvalue weighted by Gasteiger charge is -2.47. The van der Waals surface area contributed by atoms with Crippen molar-refractivity contribution >= 4 is 5.97 Å². The van der Waals surface area contributed by atoms with Gasteiger partial charge in [0.15, 0.2) is 0 Å². The molecule has 0 aromatic rings. The number of halogens is 27. The topological polar surface area (TPSA) is 26.3 Å². The van der Waals surface area contributed by atoms with Crippen molar-refractivity contribution in [2.24, 2.45) is 0 Å². The summed E-state index contributed by atoms with van der Waals surface area (Å²) in [6.07, 6.45) is -16.5. The van der Waals surface area contributed by atoms with Gasteiger partial charge in [0, 0.05) is 5.57 Å². The highest BCUT2D eigenvalue weighted by atomic mass is 19.4. The first-order valence-corrected chi connectivity index (χ1v) is 9.82. The number of carbonyl (C=O) groups is 1. The van der Waals surface area contributed by atoms with Crippen LogP contribution >= 0.6 is 0 Å². The van der Waals surface area contributed by atoms with Gasteiger partial charge < -0.3 is 4.74 Å². The van der Waals surface area contributed by atoms with Crippen LogP contribution < -0.4 is 0 Å². The van der Waals surface area contributed by atoms with Gasteiger partial charge in [0.05, 0.1) is 0 Å². The van der Waals surface area contributed by atoms with E-state index in [-0.39, 0.29) is 6.92 Å². The summed E-state index contributed by atoms with van der Waals surface area (Å²) in [5.74, 6) is -107. The van der Waals surface area contributed by atoms with Crippen molar-refractivity contribution in [3.05, 3.63) is 12.2 Å². The van der Waals surface area contributed by atoms with Crippen LogP contribution in [0.4, 0.5) is 119 Å². The Hall–Kier alpha value is -2.68.